The van der Waals surface area contributed by atoms with Crippen LogP contribution in [0.15, 0.2) is 18.2 Å². The molecule has 106 valence electrons. The summed E-state index contributed by atoms with van der Waals surface area (Å²) in [6.45, 7) is 5.39. The van der Waals surface area contributed by atoms with Crippen molar-refractivity contribution in [1.82, 2.24) is 0 Å². The van der Waals surface area contributed by atoms with Crippen molar-refractivity contribution in [2.75, 3.05) is 20.3 Å². The van der Waals surface area contributed by atoms with Crippen LogP contribution in [0.3, 0.4) is 0 Å². The maximum atomic E-state index is 6.05. The lowest BCUT2D eigenvalue weighted by molar-refractivity contribution is -0.0867. The monoisotopic (exact) mass is 328 g/mol. The minimum atomic E-state index is 0.107. The van der Waals surface area contributed by atoms with Crippen molar-refractivity contribution < 1.29 is 14.2 Å². The van der Waals surface area contributed by atoms with E-state index in [1.807, 2.05) is 6.07 Å². The van der Waals surface area contributed by atoms with Gasteiger partial charge in [0.05, 0.1) is 13.2 Å². The molecule has 0 aliphatic heterocycles. The largest absolute Gasteiger partial charge is 0.487 e. The number of hydrogen-bond acceptors (Lipinski definition) is 3. The molecular weight excluding hydrogens is 308 g/mol. The van der Waals surface area contributed by atoms with Gasteiger partial charge in [0.1, 0.15) is 18.0 Å². The number of benzene rings is 1. The van der Waals surface area contributed by atoms with Gasteiger partial charge in [-0.25, -0.2) is 0 Å². The molecule has 1 aliphatic rings. The van der Waals surface area contributed by atoms with E-state index in [0.717, 1.165) is 12.2 Å². The summed E-state index contributed by atoms with van der Waals surface area (Å²) in [6.07, 6.45) is 1.21. The molecule has 1 aliphatic carbocycles. The topological polar surface area (TPSA) is 27.7 Å². The van der Waals surface area contributed by atoms with Crippen molar-refractivity contribution in [3.63, 3.8) is 0 Å². The Morgan fingerprint density at radius 3 is 2.68 bits per heavy atom. The molecule has 0 saturated heterocycles. The third kappa shape index (κ3) is 3.71. The molecule has 0 N–H and O–H groups in total. The van der Waals surface area contributed by atoms with Gasteiger partial charge >= 0.3 is 0 Å². The van der Waals surface area contributed by atoms with Crippen LogP contribution in [0, 0.1) is 13.8 Å². The van der Waals surface area contributed by atoms with Crippen molar-refractivity contribution in [2.45, 2.75) is 37.3 Å². The third-order valence-corrected chi connectivity index (χ3v) is 4.28. The van der Waals surface area contributed by atoms with Gasteiger partial charge in [0.2, 0.25) is 0 Å². The summed E-state index contributed by atoms with van der Waals surface area (Å²) in [5.41, 5.74) is 2.43. The second kappa shape index (κ2) is 6.73. The van der Waals surface area contributed by atoms with E-state index in [1.165, 1.54) is 11.1 Å². The molecule has 2 rings (SSSR count). The number of ether oxygens (including phenoxy) is 3. The maximum absolute atomic E-state index is 6.05. The Bertz CT molecular complexity index is 422. The lowest BCUT2D eigenvalue weighted by Gasteiger charge is -2.41. The molecule has 3 nitrogen and oxygen atoms in total. The summed E-state index contributed by atoms with van der Waals surface area (Å²) in [4.78, 5) is 0.375. The number of hydrogen-bond donors (Lipinski definition) is 0. The summed E-state index contributed by atoms with van der Waals surface area (Å²) in [7, 11) is 1.68. The second-order valence-corrected chi connectivity index (χ2v) is 6.18. The highest BCUT2D eigenvalue weighted by Crippen LogP contribution is 2.35. The van der Waals surface area contributed by atoms with Gasteiger partial charge in [-0.1, -0.05) is 33.6 Å². The smallest absolute Gasteiger partial charge is 0.127 e. The summed E-state index contributed by atoms with van der Waals surface area (Å²) >= 11 is 3.62. The van der Waals surface area contributed by atoms with Crippen LogP contribution in [0.4, 0.5) is 0 Å². The molecule has 3 atom stereocenters. The molecule has 3 unspecified atom stereocenters. The second-order valence-electron chi connectivity index (χ2n) is 5.01. The Labute approximate surface area is 123 Å². The first kappa shape index (κ1) is 14.8. The average Bonchev–Trinajstić information content (AvgIpc) is 2.37. The van der Waals surface area contributed by atoms with Crippen LogP contribution in [0.5, 0.6) is 5.75 Å². The summed E-state index contributed by atoms with van der Waals surface area (Å²) in [6, 6.07) is 6.26. The molecule has 1 aromatic rings. The molecule has 0 bridgehead atoms. The fourth-order valence-electron chi connectivity index (χ4n) is 2.22. The number of alkyl halides is 1. The minimum Gasteiger partial charge on any atom is -0.487 e. The molecule has 0 radical (unpaired) electrons. The van der Waals surface area contributed by atoms with Crippen LogP contribution in [0.2, 0.25) is 0 Å². The van der Waals surface area contributed by atoms with Crippen LogP contribution in [-0.4, -0.2) is 37.4 Å². The fourth-order valence-corrected chi connectivity index (χ4v) is 3.08. The van der Waals surface area contributed by atoms with Gasteiger partial charge in [-0.3, -0.25) is 0 Å². The van der Waals surface area contributed by atoms with Crippen LogP contribution >= 0.6 is 15.9 Å². The zero-order valence-corrected chi connectivity index (χ0v) is 13.3. The average molecular weight is 329 g/mol. The van der Waals surface area contributed by atoms with Crippen molar-refractivity contribution in [1.29, 1.82) is 0 Å². The Kier molecular flexibility index (Phi) is 5.25. The molecule has 19 heavy (non-hydrogen) atoms. The number of rotatable bonds is 6. The SMILES string of the molecule is COCCOC1C(Br)CC1Oc1ccc(C)cc1C. The molecule has 0 heterocycles. The van der Waals surface area contributed by atoms with E-state index in [1.54, 1.807) is 7.11 Å². The first-order valence-corrected chi connectivity index (χ1v) is 7.52. The molecule has 1 saturated carbocycles. The van der Waals surface area contributed by atoms with Crippen molar-refractivity contribution in [3.8, 4) is 5.75 Å². The van der Waals surface area contributed by atoms with E-state index in [9.17, 15) is 0 Å². The minimum absolute atomic E-state index is 0.107. The van der Waals surface area contributed by atoms with E-state index in [2.05, 4.69) is 41.9 Å². The molecule has 4 heteroatoms. The molecule has 1 fully saturated rings. The van der Waals surface area contributed by atoms with Crippen molar-refractivity contribution >= 4 is 15.9 Å². The van der Waals surface area contributed by atoms with Crippen LogP contribution in [0.1, 0.15) is 17.5 Å². The zero-order valence-electron chi connectivity index (χ0n) is 11.7. The first-order valence-electron chi connectivity index (χ1n) is 6.60. The molecular formula is C15H21BrO3. The van der Waals surface area contributed by atoms with Crippen LogP contribution in [-0.2, 0) is 9.47 Å². The Balaban J connectivity index is 1.91. The standard InChI is InChI=1S/C15H21BrO3/c1-10-4-5-13(11(2)8-10)19-14-9-12(16)15(14)18-7-6-17-3/h4-5,8,12,14-15H,6-7,9H2,1-3H3. The number of halogens is 1. The van der Waals surface area contributed by atoms with Gasteiger partial charge in [0, 0.05) is 18.4 Å². The quantitative estimate of drug-likeness (QED) is 0.592. The van der Waals surface area contributed by atoms with Gasteiger partial charge < -0.3 is 14.2 Å². The van der Waals surface area contributed by atoms with Gasteiger partial charge in [0.25, 0.3) is 0 Å². The highest BCUT2D eigenvalue weighted by atomic mass is 79.9. The Morgan fingerprint density at radius 2 is 2.05 bits per heavy atom. The highest BCUT2D eigenvalue weighted by Gasteiger charge is 2.42. The van der Waals surface area contributed by atoms with Crippen LogP contribution in [0.25, 0.3) is 0 Å². The van der Waals surface area contributed by atoms with Crippen molar-refractivity contribution in [2.24, 2.45) is 0 Å². The maximum Gasteiger partial charge on any atom is 0.127 e. The molecule has 0 spiro atoms. The van der Waals surface area contributed by atoms with E-state index < -0.39 is 0 Å². The lowest BCUT2D eigenvalue weighted by atomic mass is 9.91. The summed E-state index contributed by atoms with van der Waals surface area (Å²) in [5.74, 6) is 0.954. The molecule has 1 aromatic carbocycles. The van der Waals surface area contributed by atoms with E-state index in [4.69, 9.17) is 14.2 Å². The Hall–Kier alpha value is -0.580. The molecule has 0 aromatic heterocycles. The van der Waals surface area contributed by atoms with Gasteiger partial charge in [-0.2, -0.15) is 0 Å². The summed E-state index contributed by atoms with van der Waals surface area (Å²) < 4.78 is 16.8. The first-order chi connectivity index (χ1) is 9.11. The van der Waals surface area contributed by atoms with E-state index in [-0.39, 0.29) is 12.2 Å². The van der Waals surface area contributed by atoms with E-state index in [0.29, 0.717) is 18.0 Å². The van der Waals surface area contributed by atoms with Crippen LogP contribution < -0.4 is 4.74 Å². The number of methoxy groups -OCH3 is 1. The van der Waals surface area contributed by atoms with Gasteiger partial charge in [0.15, 0.2) is 0 Å². The normalized spacial score (nSPS) is 26.0. The predicted molar refractivity (Wildman–Crippen MR) is 79.3 cm³/mol. The van der Waals surface area contributed by atoms with Gasteiger partial charge in [-0.15, -0.1) is 0 Å². The third-order valence-electron chi connectivity index (χ3n) is 3.39. The zero-order chi connectivity index (χ0) is 13.8. The Morgan fingerprint density at radius 1 is 1.26 bits per heavy atom. The highest BCUT2D eigenvalue weighted by molar-refractivity contribution is 9.09. The van der Waals surface area contributed by atoms with E-state index >= 15 is 0 Å². The fraction of sp³-hybridized carbons (Fsp3) is 0.600. The summed E-state index contributed by atoms with van der Waals surface area (Å²) in [5, 5.41) is 0. The van der Waals surface area contributed by atoms with Gasteiger partial charge in [-0.05, 0) is 25.5 Å². The number of aryl methyl sites for hydroxylation is 2. The van der Waals surface area contributed by atoms with Crippen molar-refractivity contribution in [3.05, 3.63) is 29.3 Å². The lowest BCUT2D eigenvalue weighted by Crippen LogP contribution is -2.52. The predicted octanol–water partition coefficient (Wildman–Crippen LogP) is 3.25. The molecule has 0 amide bonds.